The van der Waals surface area contributed by atoms with E-state index in [1.54, 1.807) is 30.3 Å². The number of nitrogens with zero attached hydrogens (tertiary/aromatic N) is 1. The van der Waals surface area contributed by atoms with Crippen LogP contribution in [0, 0.1) is 0 Å². The standard InChI is InChI=1S/C11H17NO4S/c1-3-17(14,15,16)9-11(13)12(2)10-7-5-4-6-8-10/h4-8H,3,9H2,1-2H3,(H2,14,15,16). The summed E-state index contributed by atoms with van der Waals surface area (Å²) < 4.78 is 30.4. The van der Waals surface area contributed by atoms with Crippen LogP contribution in [0.5, 0.6) is 0 Å². The monoisotopic (exact) mass is 259 g/mol. The van der Waals surface area contributed by atoms with Crippen LogP contribution in [0.15, 0.2) is 30.3 Å². The summed E-state index contributed by atoms with van der Waals surface area (Å²) in [7, 11) is -3.30. The Balaban J connectivity index is 2.83. The van der Waals surface area contributed by atoms with E-state index >= 15 is 0 Å². The van der Waals surface area contributed by atoms with Crippen molar-refractivity contribution in [1.82, 2.24) is 0 Å². The molecule has 17 heavy (non-hydrogen) atoms. The van der Waals surface area contributed by atoms with Crippen LogP contribution < -0.4 is 4.90 Å². The normalized spacial score (nSPS) is 13.8. The fraction of sp³-hybridized carbons (Fsp3) is 0.364. The van der Waals surface area contributed by atoms with Gasteiger partial charge in [0.15, 0.2) is 0 Å². The maximum atomic E-state index is 11.8. The fourth-order valence-corrected chi connectivity index (χ4v) is 2.14. The second-order valence-corrected chi connectivity index (χ2v) is 7.15. The van der Waals surface area contributed by atoms with Gasteiger partial charge >= 0.3 is 0 Å². The van der Waals surface area contributed by atoms with Crippen molar-refractivity contribution < 1.29 is 18.1 Å². The first-order valence-corrected chi connectivity index (χ1v) is 7.40. The molecule has 0 saturated heterocycles. The molecule has 0 bridgehead atoms. The van der Waals surface area contributed by atoms with E-state index in [4.69, 9.17) is 0 Å². The number of carbonyl (C=O) groups excluding carboxylic acids is 1. The van der Waals surface area contributed by atoms with Crippen molar-refractivity contribution >= 4 is 21.2 Å². The van der Waals surface area contributed by atoms with E-state index < -0.39 is 21.3 Å². The van der Waals surface area contributed by atoms with Gasteiger partial charge in [0.2, 0.25) is 5.91 Å². The molecule has 0 saturated carbocycles. The Morgan fingerprint density at radius 3 is 2.29 bits per heavy atom. The molecule has 2 N–H and O–H groups in total. The van der Waals surface area contributed by atoms with Gasteiger partial charge < -0.3 is 14.0 Å². The summed E-state index contributed by atoms with van der Waals surface area (Å²) in [5.74, 6) is -1.73. The Bertz CT molecular complexity index is 466. The van der Waals surface area contributed by atoms with Crippen molar-refractivity contribution in [3.63, 3.8) is 0 Å². The molecule has 1 aromatic rings. The zero-order valence-corrected chi connectivity index (χ0v) is 10.7. The topological polar surface area (TPSA) is 77.8 Å². The highest BCUT2D eigenvalue weighted by Crippen LogP contribution is 2.18. The lowest BCUT2D eigenvalue weighted by Crippen LogP contribution is -2.45. The van der Waals surface area contributed by atoms with Gasteiger partial charge in [-0.3, -0.25) is 4.79 Å². The molecule has 0 unspecified atom stereocenters. The second-order valence-electron chi connectivity index (χ2n) is 3.91. The lowest BCUT2D eigenvalue weighted by Gasteiger charge is -2.30. The molecule has 0 aliphatic heterocycles. The van der Waals surface area contributed by atoms with Gasteiger partial charge in [0.05, 0.1) is 9.63 Å². The third-order valence-electron chi connectivity index (χ3n) is 2.51. The van der Waals surface area contributed by atoms with Crippen molar-refractivity contribution in [3.05, 3.63) is 30.3 Å². The van der Waals surface area contributed by atoms with Gasteiger partial charge in [-0.2, -0.15) is 0 Å². The van der Waals surface area contributed by atoms with Crippen molar-refractivity contribution in [3.8, 4) is 0 Å². The molecule has 0 fully saturated rings. The Kier molecular flexibility index (Phi) is 3.71. The molecule has 96 valence electrons. The zero-order valence-electron chi connectivity index (χ0n) is 9.87. The van der Waals surface area contributed by atoms with Gasteiger partial charge in [-0.05, 0) is 12.1 Å². The molecule has 6 heteroatoms. The van der Waals surface area contributed by atoms with Gasteiger partial charge in [0.25, 0.3) is 0 Å². The predicted octanol–water partition coefficient (Wildman–Crippen LogP) is 1.44. The number of para-hydroxylation sites is 1. The van der Waals surface area contributed by atoms with Gasteiger partial charge in [-0.1, -0.05) is 25.1 Å². The Labute approximate surface area is 100 Å². The van der Waals surface area contributed by atoms with Crippen LogP contribution in [0.3, 0.4) is 0 Å². The van der Waals surface area contributed by atoms with Crippen LogP contribution >= 0.6 is 0 Å². The van der Waals surface area contributed by atoms with Gasteiger partial charge in [0.1, 0.15) is 5.75 Å². The summed E-state index contributed by atoms with van der Waals surface area (Å²) in [4.78, 5) is 13.0. The zero-order chi connectivity index (χ0) is 13.1. The third-order valence-corrected chi connectivity index (χ3v) is 4.50. The van der Waals surface area contributed by atoms with Crippen LogP contribution in [-0.2, 0) is 14.4 Å². The molecule has 0 aromatic heterocycles. The third kappa shape index (κ3) is 3.92. The lowest BCUT2D eigenvalue weighted by molar-refractivity contribution is -0.116. The molecule has 1 amide bonds. The van der Waals surface area contributed by atoms with Crippen molar-refractivity contribution in [2.24, 2.45) is 0 Å². The predicted molar refractivity (Wildman–Crippen MR) is 68.7 cm³/mol. The Hall–Kier alpha value is -1.24. The summed E-state index contributed by atoms with van der Waals surface area (Å²) in [5, 5.41) is 0. The minimum absolute atomic E-state index is 0.356. The van der Waals surface area contributed by atoms with Crippen LogP contribution in [-0.4, -0.2) is 37.8 Å². The molecule has 0 aliphatic carbocycles. The van der Waals surface area contributed by atoms with Crippen LogP contribution in [0.4, 0.5) is 5.69 Å². The number of benzene rings is 1. The molecule has 1 aromatic carbocycles. The number of amides is 1. The highest BCUT2D eigenvalue weighted by Gasteiger charge is 2.32. The minimum Gasteiger partial charge on any atom is -0.315 e. The quantitative estimate of drug-likeness (QED) is 0.857. The van der Waals surface area contributed by atoms with Crippen LogP contribution in [0.2, 0.25) is 0 Å². The van der Waals surface area contributed by atoms with E-state index in [-0.39, 0.29) is 5.75 Å². The number of anilines is 1. The first-order chi connectivity index (χ1) is 7.73. The number of hydrogen-bond acceptors (Lipinski definition) is 2. The Morgan fingerprint density at radius 2 is 1.82 bits per heavy atom. The van der Waals surface area contributed by atoms with Crippen LogP contribution in [0.1, 0.15) is 6.92 Å². The second kappa shape index (κ2) is 4.56. The lowest BCUT2D eigenvalue weighted by atomic mass is 10.3. The van der Waals surface area contributed by atoms with Crippen molar-refractivity contribution in [2.45, 2.75) is 6.92 Å². The molecule has 5 nitrogen and oxygen atoms in total. The molecule has 0 radical (unpaired) electrons. The number of carbonyl (C=O) groups is 1. The van der Waals surface area contributed by atoms with Gasteiger partial charge in [0, 0.05) is 18.5 Å². The smallest absolute Gasteiger partial charge is 0.242 e. The van der Waals surface area contributed by atoms with E-state index in [9.17, 15) is 18.1 Å². The van der Waals surface area contributed by atoms with E-state index in [1.807, 2.05) is 0 Å². The summed E-state index contributed by atoms with van der Waals surface area (Å²) in [6.45, 7) is 1.37. The van der Waals surface area contributed by atoms with Crippen LogP contribution in [0.25, 0.3) is 0 Å². The van der Waals surface area contributed by atoms with E-state index in [0.29, 0.717) is 5.69 Å². The summed E-state index contributed by atoms with van der Waals surface area (Å²) in [6.07, 6.45) is 0. The fourth-order valence-electron chi connectivity index (χ4n) is 1.24. The summed E-state index contributed by atoms with van der Waals surface area (Å²) in [6, 6.07) is 8.72. The van der Waals surface area contributed by atoms with E-state index in [1.165, 1.54) is 18.9 Å². The number of rotatable bonds is 4. The average Bonchev–Trinajstić information content (AvgIpc) is 2.28. The SMILES string of the molecule is CCS(=O)(O)(O)CC(=O)N(C)c1ccccc1. The largest absolute Gasteiger partial charge is 0.315 e. The molecule has 0 spiro atoms. The first kappa shape index (κ1) is 13.8. The highest BCUT2D eigenvalue weighted by atomic mass is 32.3. The number of hydrogen-bond donors (Lipinski definition) is 2. The minimum atomic E-state index is -4.80. The maximum Gasteiger partial charge on any atom is 0.242 e. The van der Waals surface area contributed by atoms with Gasteiger partial charge in [-0.15, -0.1) is 0 Å². The molecule has 1 rings (SSSR count). The molecule has 0 aliphatic rings. The molecular formula is C11H17NO4S. The average molecular weight is 259 g/mol. The summed E-state index contributed by atoms with van der Waals surface area (Å²) in [5.41, 5.74) is 0.608. The summed E-state index contributed by atoms with van der Waals surface area (Å²) >= 11 is 0. The van der Waals surface area contributed by atoms with Crippen molar-refractivity contribution in [1.29, 1.82) is 0 Å². The van der Waals surface area contributed by atoms with Crippen molar-refractivity contribution in [2.75, 3.05) is 23.5 Å². The first-order valence-electron chi connectivity index (χ1n) is 5.18. The highest BCUT2D eigenvalue weighted by molar-refractivity contribution is 8.10. The molecule has 0 atom stereocenters. The Morgan fingerprint density at radius 1 is 1.29 bits per heavy atom. The molecule has 0 heterocycles. The van der Waals surface area contributed by atoms with E-state index in [0.717, 1.165) is 0 Å². The van der Waals surface area contributed by atoms with E-state index in [2.05, 4.69) is 0 Å². The van der Waals surface area contributed by atoms with Gasteiger partial charge in [-0.25, -0.2) is 4.21 Å². The molecular weight excluding hydrogens is 242 g/mol. The maximum absolute atomic E-state index is 11.8.